The minimum atomic E-state index is -0.437. The first kappa shape index (κ1) is 16.8. The van der Waals surface area contributed by atoms with Gasteiger partial charge in [0.15, 0.2) is 11.7 Å². The van der Waals surface area contributed by atoms with E-state index >= 15 is 0 Å². The minimum absolute atomic E-state index is 0.0386. The van der Waals surface area contributed by atoms with Gasteiger partial charge in [0.25, 0.3) is 0 Å². The molecule has 0 bridgehead atoms. The van der Waals surface area contributed by atoms with Crippen molar-refractivity contribution in [3.63, 3.8) is 0 Å². The normalized spacial score (nSPS) is 13.5. The summed E-state index contributed by atoms with van der Waals surface area (Å²) in [7, 11) is 3.16. The van der Waals surface area contributed by atoms with Crippen LogP contribution in [0.4, 0.5) is 11.4 Å². The zero-order chi connectivity index (χ0) is 17.8. The number of nitrogens with zero attached hydrogens (tertiary/aromatic N) is 3. The maximum absolute atomic E-state index is 11.1. The highest BCUT2D eigenvalue weighted by molar-refractivity contribution is 5.97. The number of hydrogen-bond donors (Lipinski definition) is 1. The molecule has 25 heavy (non-hydrogen) atoms. The van der Waals surface area contributed by atoms with Gasteiger partial charge in [-0.1, -0.05) is 24.3 Å². The van der Waals surface area contributed by atoms with Gasteiger partial charge in [0, 0.05) is 31.9 Å². The molecule has 1 N–H and O–H groups in total. The fourth-order valence-corrected chi connectivity index (χ4v) is 3.02. The van der Waals surface area contributed by atoms with E-state index in [0.717, 1.165) is 30.2 Å². The van der Waals surface area contributed by atoms with Crippen LogP contribution < -0.4 is 15.0 Å². The molecule has 2 aromatic carbocycles. The first-order valence-electron chi connectivity index (χ1n) is 8.01. The molecule has 0 aromatic heterocycles. The molecule has 0 radical (unpaired) electrons. The van der Waals surface area contributed by atoms with Crippen molar-refractivity contribution in [1.82, 2.24) is 5.32 Å². The van der Waals surface area contributed by atoms with Gasteiger partial charge in [-0.25, -0.2) is 0 Å². The van der Waals surface area contributed by atoms with Gasteiger partial charge in [-0.15, -0.1) is 0 Å². The van der Waals surface area contributed by atoms with E-state index in [1.54, 1.807) is 13.1 Å². The van der Waals surface area contributed by atoms with Crippen LogP contribution in [0.3, 0.4) is 0 Å². The Kier molecular flexibility index (Phi) is 4.83. The zero-order valence-corrected chi connectivity index (χ0v) is 14.2. The lowest BCUT2D eigenvalue weighted by Crippen LogP contribution is -2.40. The summed E-state index contributed by atoms with van der Waals surface area (Å²) >= 11 is 0. The molecule has 0 fully saturated rings. The van der Waals surface area contributed by atoms with E-state index in [9.17, 15) is 10.1 Å². The molecular formula is C18H20N4O3. The summed E-state index contributed by atoms with van der Waals surface area (Å²) in [4.78, 5) is 17.2. The molecule has 1 heterocycles. The van der Waals surface area contributed by atoms with Gasteiger partial charge in [-0.3, -0.25) is 15.1 Å². The van der Waals surface area contributed by atoms with E-state index in [-0.39, 0.29) is 11.4 Å². The fraction of sp³-hybridized carbons (Fsp3) is 0.278. The smallest absolute Gasteiger partial charge is 0.311 e. The summed E-state index contributed by atoms with van der Waals surface area (Å²) in [5, 5.41) is 14.4. The largest absolute Gasteiger partial charge is 0.490 e. The van der Waals surface area contributed by atoms with Gasteiger partial charge in [0.2, 0.25) is 0 Å². The monoisotopic (exact) mass is 340 g/mol. The highest BCUT2D eigenvalue weighted by atomic mass is 16.6. The topological polar surface area (TPSA) is 80.0 Å². The summed E-state index contributed by atoms with van der Waals surface area (Å²) in [5.41, 5.74) is 3.20. The van der Waals surface area contributed by atoms with Gasteiger partial charge in [-0.05, 0) is 29.7 Å². The first-order chi connectivity index (χ1) is 12.1. The number of nitro benzene ring substituents is 1. The Hall–Kier alpha value is -3.09. The quantitative estimate of drug-likeness (QED) is 0.401. The fourth-order valence-electron chi connectivity index (χ4n) is 3.02. The van der Waals surface area contributed by atoms with Gasteiger partial charge < -0.3 is 15.0 Å². The van der Waals surface area contributed by atoms with Gasteiger partial charge in [0.1, 0.15) is 0 Å². The number of methoxy groups -OCH3 is 1. The molecule has 1 aliphatic heterocycles. The molecular weight excluding hydrogens is 320 g/mol. The Balaban J connectivity index is 1.75. The van der Waals surface area contributed by atoms with Gasteiger partial charge in [-0.2, -0.15) is 0 Å². The SMILES string of the molecule is CN=C(NCc1ccc(OC)c([N+](=O)[O-])c1)N1CCc2ccccc21. The van der Waals surface area contributed by atoms with E-state index in [1.807, 2.05) is 18.2 Å². The Morgan fingerprint density at radius 2 is 2.16 bits per heavy atom. The van der Waals surface area contributed by atoms with Crippen molar-refractivity contribution in [2.45, 2.75) is 13.0 Å². The Labute approximate surface area is 146 Å². The molecule has 0 saturated carbocycles. The van der Waals surface area contributed by atoms with Crippen molar-refractivity contribution in [2.24, 2.45) is 4.99 Å². The lowest BCUT2D eigenvalue weighted by molar-refractivity contribution is -0.385. The number of hydrogen-bond acceptors (Lipinski definition) is 4. The van der Waals surface area contributed by atoms with Crippen molar-refractivity contribution in [3.05, 3.63) is 63.7 Å². The standard InChI is InChI=1S/C18H20N4O3/c1-19-18(21-10-9-14-5-3-4-6-15(14)21)20-12-13-7-8-17(25-2)16(11-13)22(23)24/h3-8,11H,9-10,12H2,1-2H3,(H,19,20). The first-order valence-corrected chi connectivity index (χ1v) is 8.01. The summed E-state index contributed by atoms with van der Waals surface area (Å²) < 4.78 is 5.03. The number of anilines is 1. The maximum atomic E-state index is 11.1. The van der Waals surface area contributed by atoms with E-state index < -0.39 is 4.92 Å². The van der Waals surface area contributed by atoms with Crippen LogP contribution >= 0.6 is 0 Å². The number of guanidine groups is 1. The van der Waals surface area contributed by atoms with E-state index in [0.29, 0.717) is 6.54 Å². The molecule has 3 rings (SSSR count). The number of benzene rings is 2. The van der Waals surface area contributed by atoms with E-state index in [2.05, 4.69) is 27.3 Å². The molecule has 1 aliphatic rings. The number of rotatable bonds is 4. The third kappa shape index (κ3) is 3.40. The Bertz CT molecular complexity index is 820. The summed E-state index contributed by atoms with van der Waals surface area (Å²) in [6.45, 7) is 1.30. The second-order valence-electron chi connectivity index (χ2n) is 5.69. The van der Waals surface area contributed by atoms with Crippen molar-refractivity contribution >= 4 is 17.3 Å². The number of nitro groups is 1. The molecule has 7 nitrogen and oxygen atoms in total. The molecule has 0 saturated heterocycles. The van der Waals surface area contributed by atoms with Gasteiger partial charge in [0.05, 0.1) is 12.0 Å². The molecule has 0 spiro atoms. The molecule has 0 atom stereocenters. The highest BCUT2D eigenvalue weighted by Gasteiger charge is 2.22. The third-order valence-corrected chi connectivity index (χ3v) is 4.25. The van der Waals surface area contributed by atoms with Crippen LogP contribution in [-0.4, -0.2) is 31.6 Å². The summed E-state index contributed by atoms with van der Waals surface area (Å²) in [6.07, 6.45) is 0.977. The average Bonchev–Trinajstić information content (AvgIpc) is 3.06. The van der Waals surface area contributed by atoms with E-state index in [1.165, 1.54) is 18.7 Å². The third-order valence-electron chi connectivity index (χ3n) is 4.25. The Morgan fingerprint density at radius 1 is 1.36 bits per heavy atom. The minimum Gasteiger partial charge on any atom is -0.490 e. The van der Waals surface area contributed by atoms with Crippen molar-refractivity contribution in [3.8, 4) is 5.75 Å². The Morgan fingerprint density at radius 3 is 2.88 bits per heavy atom. The summed E-state index contributed by atoms with van der Waals surface area (Å²) in [6, 6.07) is 13.2. The molecule has 0 amide bonds. The van der Waals surface area contributed by atoms with Crippen molar-refractivity contribution < 1.29 is 9.66 Å². The predicted octanol–water partition coefficient (Wildman–Crippen LogP) is 2.74. The molecule has 2 aromatic rings. The van der Waals surface area contributed by atoms with Crippen LogP contribution in [0.5, 0.6) is 5.75 Å². The second kappa shape index (κ2) is 7.21. The predicted molar refractivity (Wildman–Crippen MR) is 97.3 cm³/mol. The molecule has 130 valence electrons. The van der Waals surface area contributed by atoms with Crippen LogP contribution in [0, 0.1) is 10.1 Å². The lowest BCUT2D eigenvalue weighted by Gasteiger charge is -2.22. The highest BCUT2D eigenvalue weighted by Crippen LogP contribution is 2.29. The zero-order valence-electron chi connectivity index (χ0n) is 14.2. The lowest BCUT2D eigenvalue weighted by atomic mass is 10.2. The summed E-state index contributed by atoms with van der Waals surface area (Å²) in [5.74, 6) is 1.01. The molecule has 7 heteroatoms. The van der Waals surface area contributed by atoms with Crippen molar-refractivity contribution in [1.29, 1.82) is 0 Å². The van der Waals surface area contributed by atoms with Crippen LogP contribution in [0.1, 0.15) is 11.1 Å². The van der Waals surface area contributed by atoms with Crippen molar-refractivity contribution in [2.75, 3.05) is 25.6 Å². The number of aliphatic imine (C=N–C) groups is 1. The average molecular weight is 340 g/mol. The van der Waals surface area contributed by atoms with Crippen LogP contribution in [0.2, 0.25) is 0 Å². The molecule has 0 unspecified atom stereocenters. The second-order valence-corrected chi connectivity index (χ2v) is 5.69. The maximum Gasteiger partial charge on any atom is 0.311 e. The number of fused-ring (bicyclic) bond motifs is 1. The number of ether oxygens (including phenoxy) is 1. The van der Waals surface area contributed by atoms with E-state index in [4.69, 9.17) is 4.74 Å². The van der Waals surface area contributed by atoms with Crippen LogP contribution in [0.25, 0.3) is 0 Å². The van der Waals surface area contributed by atoms with Crippen LogP contribution in [-0.2, 0) is 13.0 Å². The van der Waals surface area contributed by atoms with Gasteiger partial charge >= 0.3 is 5.69 Å². The van der Waals surface area contributed by atoms with Crippen LogP contribution in [0.15, 0.2) is 47.5 Å². The number of nitrogens with one attached hydrogen (secondary N) is 1. The molecule has 0 aliphatic carbocycles. The number of para-hydroxylation sites is 1.